The molecule has 7 heteroatoms. The maximum atomic E-state index is 11.1. The van der Waals surface area contributed by atoms with Crippen molar-refractivity contribution in [3.05, 3.63) is 17.7 Å². The van der Waals surface area contributed by atoms with Crippen LogP contribution in [-0.2, 0) is 16.4 Å². The van der Waals surface area contributed by atoms with E-state index in [0.717, 1.165) is 5.56 Å². The van der Waals surface area contributed by atoms with Crippen molar-refractivity contribution in [2.45, 2.75) is 6.54 Å². The topological polar surface area (TPSA) is 73.9 Å². The Labute approximate surface area is 120 Å². The Kier molecular flexibility index (Phi) is 6.09. The molecule has 0 fully saturated rings. The fourth-order valence-corrected chi connectivity index (χ4v) is 2.06. The van der Waals surface area contributed by atoms with Crippen LogP contribution in [0.15, 0.2) is 12.1 Å². The van der Waals surface area contributed by atoms with Crippen LogP contribution in [0.5, 0.6) is 17.2 Å². The Morgan fingerprint density at radius 3 is 2.10 bits per heavy atom. The van der Waals surface area contributed by atoms with Gasteiger partial charge in [0.25, 0.3) is 0 Å². The summed E-state index contributed by atoms with van der Waals surface area (Å²) in [6.45, 7) is 0.716. The lowest BCUT2D eigenvalue weighted by molar-refractivity contribution is 0.288. The van der Waals surface area contributed by atoms with E-state index in [4.69, 9.17) is 14.2 Å². The van der Waals surface area contributed by atoms with Gasteiger partial charge in [0.1, 0.15) is 6.61 Å². The first-order valence-electron chi connectivity index (χ1n) is 6.11. The van der Waals surface area contributed by atoms with Crippen LogP contribution in [0.2, 0.25) is 0 Å². The Bertz CT molecular complexity index is 517. The van der Waals surface area contributed by atoms with E-state index in [2.05, 4.69) is 5.32 Å². The minimum Gasteiger partial charge on any atom is -0.493 e. The molecule has 1 aromatic carbocycles. The van der Waals surface area contributed by atoms with Crippen LogP contribution in [0.1, 0.15) is 5.56 Å². The highest BCUT2D eigenvalue weighted by Gasteiger charge is 2.15. The van der Waals surface area contributed by atoms with Gasteiger partial charge in [-0.2, -0.15) is 0 Å². The van der Waals surface area contributed by atoms with Crippen molar-refractivity contribution in [1.29, 1.82) is 0 Å². The number of nitrogens with one attached hydrogen (secondary N) is 1. The van der Waals surface area contributed by atoms with Gasteiger partial charge in [-0.25, -0.2) is 8.42 Å². The van der Waals surface area contributed by atoms with Crippen LogP contribution in [-0.4, -0.2) is 48.3 Å². The normalized spacial score (nSPS) is 11.2. The van der Waals surface area contributed by atoms with E-state index in [1.165, 1.54) is 20.5 Å². The number of benzene rings is 1. The van der Waals surface area contributed by atoms with Crippen LogP contribution < -0.4 is 19.5 Å². The standard InChI is InChI=1S/C13H21NO5S/c1-14-9-10-7-11(17-2)13(12(8-10)18-3)19-5-6-20(4,15)16/h7-8,14H,5-6,9H2,1-4H3. The summed E-state index contributed by atoms with van der Waals surface area (Å²) in [4.78, 5) is 0. The lowest BCUT2D eigenvalue weighted by Crippen LogP contribution is -2.13. The number of hydrogen-bond acceptors (Lipinski definition) is 6. The van der Waals surface area contributed by atoms with Gasteiger partial charge in [-0.3, -0.25) is 0 Å². The zero-order chi connectivity index (χ0) is 15.2. The molecule has 0 aromatic heterocycles. The fraction of sp³-hybridized carbons (Fsp3) is 0.538. The second-order valence-electron chi connectivity index (χ2n) is 4.34. The number of ether oxygens (including phenoxy) is 3. The summed E-state index contributed by atoms with van der Waals surface area (Å²) < 4.78 is 38.3. The Hall–Kier alpha value is -1.47. The van der Waals surface area contributed by atoms with Gasteiger partial charge in [-0.1, -0.05) is 0 Å². The van der Waals surface area contributed by atoms with Gasteiger partial charge in [0, 0.05) is 12.8 Å². The first-order chi connectivity index (χ1) is 9.41. The van der Waals surface area contributed by atoms with Gasteiger partial charge in [0.05, 0.1) is 20.0 Å². The molecule has 114 valence electrons. The predicted molar refractivity (Wildman–Crippen MR) is 77.5 cm³/mol. The molecule has 1 N–H and O–H groups in total. The quantitative estimate of drug-likeness (QED) is 0.767. The largest absolute Gasteiger partial charge is 0.493 e. The molecule has 6 nitrogen and oxygen atoms in total. The predicted octanol–water partition coefficient (Wildman–Crippen LogP) is 0.847. The molecule has 0 saturated carbocycles. The summed E-state index contributed by atoms with van der Waals surface area (Å²) in [7, 11) is 1.83. The summed E-state index contributed by atoms with van der Waals surface area (Å²) in [6.07, 6.45) is 1.17. The van der Waals surface area contributed by atoms with E-state index < -0.39 is 9.84 Å². The van der Waals surface area contributed by atoms with Crippen LogP contribution in [0.25, 0.3) is 0 Å². The van der Waals surface area contributed by atoms with E-state index in [9.17, 15) is 8.42 Å². The average Bonchev–Trinajstić information content (AvgIpc) is 2.38. The lowest BCUT2D eigenvalue weighted by Gasteiger charge is -2.16. The maximum Gasteiger partial charge on any atom is 0.203 e. The molecular weight excluding hydrogens is 282 g/mol. The molecule has 1 aromatic rings. The Morgan fingerprint density at radius 1 is 1.15 bits per heavy atom. The van der Waals surface area contributed by atoms with E-state index in [-0.39, 0.29) is 12.4 Å². The van der Waals surface area contributed by atoms with Crippen LogP contribution in [0, 0.1) is 0 Å². The summed E-state index contributed by atoms with van der Waals surface area (Å²) in [5.74, 6) is 1.39. The molecule has 20 heavy (non-hydrogen) atoms. The first-order valence-corrected chi connectivity index (χ1v) is 8.17. The van der Waals surface area contributed by atoms with Crippen LogP contribution in [0.4, 0.5) is 0 Å². The molecule has 0 bridgehead atoms. The lowest BCUT2D eigenvalue weighted by atomic mass is 10.2. The summed E-state index contributed by atoms with van der Waals surface area (Å²) >= 11 is 0. The van der Waals surface area contributed by atoms with E-state index in [1.54, 1.807) is 0 Å². The Balaban J connectivity index is 2.97. The third-order valence-electron chi connectivity index (χ3n) is 2.60. The second-order valence-corrected chi connectivity index (χ2v) is 6.60. The molecule has 0 aliphatic rings. The molecule has 0 amide bonds. The van der Waals surface area contributed by atoms with Crippen molar-refractivity contribution >= 4 is 9.84 Å². The minimum absolute atomic E-state index is 0.0525. The fourth-order valence-electron chi connectivity index (χ4n) is 1.68. The van der Waals surface area contributed by atoms with Gasteiger partial charge in [-0.05, 0) is 24.7 Å². The first kappa shape index (κ1) is 16.6. The van der Waals surface area contributed by atoms with Gasteiger partial charge in [-0.15, -0.1) is 0 Å². The number of rotatable bonds is 8. The molecule has 0 aliphatic carbocycles. The summed E-state index contributed by atoms with van der Waals surface area (Å²) in [5, 5.41) is 3.04. The van der Waals surface area contributed by atoms with Crippen molar-refractivity contribution in [3.63, 3.8) is 0 Å². The van der Waals surface area contributed by atoms with E-state index in [1.807, 2.05) is 19.2 Å². The molecule has 0 atom stereocenters. The monoisotopic (exact) mass is 303 g/mol. The molecule has 1 rings (SSSR count). The number of hydrogen-bond donors (Lipinski definition) is 1. The minimum atomic E-state index is -3.07. The summed E-state index contributed by atoms with van der Waals surface area (Å²) in [6, 6.07) is 3.66. The van der Waals surface area contributed by atoms with Gasteiger partial charge in [0.15, 0.2) is 21.3 Å². The molecule has 0 radical (unpaired) electrons. The zero-order valence-corrected chi connectivity index (χ0v) is 13.0. The molecule has 0 saturated heterocycles. The third-order valence-corrected chi connectivity index (χ3v) is 3.51. The van der Waals surface area contributed by atoms with Gasteiger partial charge < -0.3 is 19.5 Å². The average molecular weight is 303 g/mol. The molecular formula is C13H21NO5S. The molecule has 0 unspecified atom stereocenters. The van der Waals surface area contributed by atoms with E-state index >= 15 is 0 Å². The van der Waals surface area contributed by atoms with E-state index in [0.29, 0.717) is 23.8 Å². The van der Waals surface area contributed by atoms with Gasteiger partial charge in [0.2, 0.25) is 5.75 Å². The second kappa shape index (κ2) is 7.35. The van der Waals surface area contributed by atoms with Gasteiger partial charge >= 0.3 is 0 Å². The highest BCUT2D eigenvalue weighted by molar-refractivity contribution is 7.90. The highest BCUT2D eigenvalue weighted by atomic mass is 32.2. The highest BCUT2D eigenvalue weighted by Crippen LogP contribution is 2.38. The number of sulfone groups is 1. The van der Waals surface area contributed by atoms with Crippen molar-refractivity contribution in [2.24, 2.45) is 0 Å². The molecule has 0 heterocycles. The zero-order valence-electron chi connectivity index (χ0n) is 12.2. The van der Waals surface area contributed by atoms with Crippen molar-refractivity contribution in [1.82, 2.24) is 5.32 Å². The molecule has 0 spiro atoms. The maximum absolute atomic E-state index is 11.1. The van der Waals surface area contributed by atoms with Crippen LogP contribution in [0.3, 0.4) is 0 Å². The smallest absolute Gasteiger partial charge is 0.203 e. The van der Waals surface area contributed by atoms with Crippen molar-refractivity contribution < 1.29 is 22.6 Å². The summed E-state index contributed by atoms with van der Waals surface area (Å²) in [5.41, 5.74) is 0.983. The third kappa shape index (κ3) is 4.90. The SMILES string of the molecule is CNCc1cc(OC)c(OCCS(C)(=O)=O)c(OC)c1. The number of methoxy groups -OCH3 is 2. The van der Waals surface area contributed by atoms with Crippen LogP contribution >= 0.6 is 0 Å². The van der Waals surface area contributed by atoms with Crippen molar-refractivity contribution in [3.8, 4) is 17.2 Å². The Morgan fingerprint density at radius 2 is 1.70 bits per heavy atom. The van der Waals surface area contributed by atoms with Crippen molar-refractivity contribution in [2.75, 3.05) is 39.9 Å². The molecule has 0 aliphatic heterocycles.